The molecule has 0 spiro atoms. The zero-order valence-electron chi connectivity index (χ0n) is 16.1. The smallest absolute Gasteiger partial charge is 0.268 e. The van der Waals surface area contributed by atoms with Gasteiger partial charge in [-0.2, -0.15) is 0 Å². The number of benzene rings is 1. The summed E-state index contributed by atoms with van der Waals surface area (Å²) in [5.74, 6) is 0.483. The average molecular weight is 368 g/mol. The minimum absolute atomic E-state index is 0.240. The number of aromatic nitrogens is 1. The molecule has 2 rings (SSSR count). The number of ether oxygens (including phenoxy) is 1. The number of methoxy groups -OCH3 is 1. The zero-order chi connectivity index (χ0) is 19.5. The summed E-state index contributed by atoms with van der Waals surface area (Å²) in [5.41, 5.74) is 0.884. The normalized spacial score (nSPS) is 11.3. The molecule has 27 heavy (non-hydrogen) atoms. The van der Waals surface area contributed by atoms with E-state index in [0.717, 1.165) is 24.2 Å². The van der Waals surface area contributed by atoms with Crippen molar-refractivity contribution in [3.05, 3.63) is 64.6 Å². The van der Waals surface area contributed by atoms with Gasteiger partial charge in [0.05, 0.1) is 7.11 Å². The fourth-order valence-corrected chi connectivity index (χ4v) is 2.75. The fraction of sp³-hybridized carbons (Fsp3) is 0.364. The van der Waals surface area contributed by atoms with Crippen LogP contribution in [0.25, 0.3) is 11.8 Å². The molecule has 1 N–H and O–H groups in total. The van der Waals surface area contributed by atoms with E-state index >= 15 is 0 Å². The first-order chi connectivity index (χ1) is 13.2. The van der Waals surface area contributed by atoms with E-state index in [2.05, 4.69) is 12.2 Å². The summed E-state index contributed by atoms with van der Waals surface area (Å²) in [7, 11) is 1.60. The van der Waals surface area contributed by atoms with Crippen molar-refractivity contribution in [1.29, 1.82) is 0 Å². The summed E-state index contributed by atoms with van der Waals surface area (Å²) in [5, 5.41) is 2.94. The van der Waals surface area contributed by atoms with Crippen LogP contribution in [0.1, 0.15) is 44.6 Å². The van der Waals surface area contributed by atoms with Crippen molar-refractivity contribution in [2.75, 3.05) is 13.7 Å². The molecule has 144 valence electrons. The lowest BCUT2D eigenvalue weighted by Gasteiger charge is -2.12. The molecule has 1 heterocycles. The first kappa shape index (κ1) is 20.5. The van der Waals surface area contributed by atoms with Gasteiger partial charge in [-0.1, -0.05) is 50.8 Å². The van der Waals surface area contributed by atoms with Crippen LogP contribution in [0, 0.1) is 0 Å². The van der Waals surface area contributed by atoms with Crippen molar-refractivity contribution in [3.8, 4) is 5.75 Å². The molecule has 1 aromatic heterocycles. The topological polar surface area (TPSA) is 60.3 Å². The molecule has 0 saturated carbocycles. The van der Waals surface area contributed by atoms with Gasteiger partial charge in [-0.15, -0.1) is 0 Å². The zero-order valence-corrected chi connectivity index (χ0v) is 16.1. The summed E-state index contributed by atoms with van der Waals surface area (Å²) in [4.78, 5) is 25.0. The van der Waals surface area contributed by atoms with Gasteiger partial charge in [0.2, 0.25) is 0 Å². The molecule has 0 fully saturated rings. The standard InChI is InChI=1S/C22H28N2O3/c1-3-4-5-6-8-15-23-22(26)20(24-16-9-7-10-21(24)25)17-18-11-13-19(27-2)14-12-18/h7,9-14,16-17H,3-6,8,15H2,1-2H3,(H,23,26)/b20-17+. The summed E-state index contributed by atoms with van der Waals surface area (Å²) >= 11 is 0. The quantitative estimate of drug-likeness (QED) is 0.510. The highest BCUT2D eigenvalue weighted by Crippen LogP contribution is 2.15. The van der Waals surface area contributed by atoms with Crippen molar-refractivity contribution in [3.63, 3.8) is 0 Å². The number of amides is 1. The van der Waals surface area contributed by atoms with Crippen LogP contribution >= 0.6 is 0 Å². The second-order valence-corrected chi connectivity index (χ2v) is 6.38. The van der Waals surface area contributed by atoms with Gasteiger partial charge in [-0.3, -0.25) is 14.2 Å². The van der Waals surface area contributed by atoms with E-state index in [1.54, 1.807) is 31.5 Å². The number of pyridine rings is 1. The van der Waals surface area contributed by atoms with Gasteiger partial charge in [0.15, 0.2) is 0 Å². The molecule has 5 nitrogen and oxygen atoms in total. The highest BCUT2D eigenvalue weighted by atomic mass is 16.5. The third kappa shape index (κ3) is 6.44. The third-order valence-electron chi connectivity index (χ3n) is 4.30. The molecule has 0 aliphatic carbocycles. The van der Waals surface area contributed by atoms with E-state index in [-0.39, 0.29) is 11.5 Å². The Morgan fingerprint density at radius 3 is 2.48 bits per heavy atom. The molecule has 5 heteroatoms. The molecule has 0 bridgehead atoms. The molecular weight excluding hydrogens is 340 g/mol. The number of nitrogens with zero attached hydrogens (tertiary/aromatic N) is 1. The molecule has 2 aromatic rings. The van der Waals surface area contributed by atoms with Crippen LogP contribution in [0.15, 0.2) is 53.5 Å². The summed E-state index contributed by atoms with van der Waals surface area (Å²) in [6.45, 7) is 2.78. The van der Waals surface area contributed by atoms with Crippen LogP contribution in [-0.4, -0.2) is 24.1 Å². The highest BCUT2D eigenvalue weighted by Gasteiger charge is 2.12. The van der Waals surface area contributed by atoms with Gasteiger partial charge < -0.3 is 10.1 Å². The van der Waals surface area contributed by atoms with E-state index in [9.17, 15) is 9.59 Å². The molecule has 1 aromatic carbocycles. The number of rotatable bonds is 10. The molecule has 0 atom stereocenters. The Labute approximate surface area is 160 Å². The predicted molar refractivity (Wildman–Crippen MR) is 110 cm³/mol. The maximum atomic E-state index is 12.7. The number of unbranched alkanes of at least 4 members (excludes halogenated alkanes) is 4. The van der Waals surface area contributed by atoms with Crippen LogP contribution in [-0.2, 0) is 4.79 Å². The maximum absolute atomic E-state index is 12.7. The Kier molecular flexibility index (Phi) is 8.36. The first-order valence-corrected chi connectivity index (χ1v) is 9.47. The molecular formula is C22H28N2O3. The number of carbonyl (C=O) groups is 1. The van der Waals surface area contributed by atoms with E-state index in [1.165, 1.54) is 29.9 Å². The Morgan fingerprint density at radius 2 is 1.81 bits per heavy atom. The number of hydrogen-bond acceptors (Lipinski definition) is 3. The van der Waals surface area contributed by atoms with E-state index in [0.29, 0.717) is 12.2 Å². The van der Waals surface area contributed by atoms with Crippen molar-refractivity contribution >= 4 is 17.7 Å². The van der Waals surface area contributed by atoms with Crippen molar-refractivity contribution in [2.24, 2.45) is 0 Å². The van der Waals surface area contributed by atoms with Crippen molar-refractivity contribution in [2.45, 2.75) is 39.0 Å². The average Bonchev–Trinajstić information content (AvgIpc) is 2.70. The van der Waals surface area contributed by atoms with E-state index in [1.807, 2.05) is 24.3 Å². The minimum atomic E-state index is -0.255. The lowest BCUT2D eigenvalue weighted by Crippen LogP contribution is -2.31. The summed E-state index contributed by atoms with van der Waals surface area (Å²) in [6.07, 6.45) is 8.95. The maximum Gasteiger partial charge on any atom is 0.268 e. The monoisotopic (exact) mass is 368 g/mol. The lowest BCUT2D eigenvalue weighted by atomic mass is 10.1. The van der Waals surface area contributed by atoms with Gasteiger partial charge in [-0.05, 0) is 36.3 Å². The van der Waals surface area contributed by atoms with Crippen LogP contribution in [0.4, 0.5) is 0 Å². The SMILES string of the molecule is CCCCCCCNC(=O)/C(=C\c1ccc(OC)cc1)n1ccccc1=O. The van der Waals surface area contributed by atoms with Crippen LogP contribution in [0.3, 0.4) is 0 Å². The summed E-state index contributed by atoms with van der Waals surface area (Å²) < 4.78 is 6.54. The van der Waals surface area contributed by atoms with Gasteiger partial charge in [0.1, 0.15) is 11.4 Å². The second kappa shape index (κ2) is 11.0. The molecule has 0 saturated heterocycles. The van der Waals surface area contributed by atoms with Gasteiger partial charge in [0.25, 0.3) is 11.5 Å². The van der Waals surface area contributed by atoms with Gasteiger partial charge in [-0.25, -0.2) is 0 Å². The van der Waals surface area contributed by atoms with Crippen LogP contribution < -0.4 is 15.6 Å². The Balaban J connectivity index is 2.17. The summed E-state index contributed by atoms with van der Waals surface area (Å²) in [6, 6.07) is 12.2. The molecule has 0 radical (unpaired) electrons. The molecule has 0 aliphatic heterocycles. The Hall–Kier alpha value is -2.82. The first-order valence-electron chi connectivity index (χ1n) is 9.47. The molecule has 1 amide bonds. The van der Waals surface area contributed by atoms with Gasteiger partial charge >= 0.3 is 0 Å². The Bertz CT molecular complexity index is 807. The Morgan fingerprint density at radius 1 is 1.07 bits per heavy atom. The second-order valence-electron chi connectivity index (χ2n) is 6.38. The van der Waals surface area contributed by atoms with Crippen LogP contribution in [0.5, 0.6) is 5.75 Å². The van der Waals surface area contributed by atoms with Crippen molar-refractivity contribution in [1.82, 2.24) is 9.88 Å². The number of nitrogens with one attached hydrogen (secondary N) is 1. The number of carbonyl (C=O) groups excluding carboxylic acids is 1. The number of hydrogen-bond donors (Lipinski definition) is 1. The van der Waals surface area contributed by atoms with E-state index < -0.39 is 0 Å². The minimum Gasteiger partial charge on any atom is -0.497 e. The van der Waals surface area contributed by atoms with Gasteiger partial charge in [0, 0.05) is 18.8 Å². The highest BCUT2D eigenvalue weighted by molar-refractivity contribution is 6.18. The molecule has 0 unspecified atom stereocenters. The predicted octanol–water partition coefficient (Wildman–Crippen LogP) is 3.94. The largest absolute Gasteiger partial charge is 0.497 e. The fourth-order valence-electron chi connectivity index (χ4n) is 2.75. The lowest BCUT2D eigenvalue weighted by molar-refractivity contribution is -0.115. The van der Waals surface area contributed by atoms with E-state index in [4.69, 9.17) is 4.74 Å². The third-order valence-corrected chi connectivity index (χ3v) is 4.30. The van der Waals surface area contributed by atoms with Crippen molar-refractivity contribution < 1.29 is 9.53 Å². The molecule has 0 aliphatic rings. The van der Waals surface area contributed by atoms with Crippen LogP contribution in [0.2, 0.25) is 0 Å².